The van der Waals surface area contributed by atoms with Crippen LogP contribution in [0.15, 0.2) is 12.1 Å². The highest BCUT2D eigenvalue weighted by Gasteiger charge is 2.35. The van der Waals surface area contributed by atoms with Crippen molar-refractivity contribution in [3.05, 3.63) is 23.3 Å². The van der Waals surface area contributed by atoms with Crippen LogP contribution in [-0.2, 0) is 12.6 Å². The van der Waals surface area contributed by atoms with Crippen LogP contribution in [0.1, 0.15) is 24.0 Å². The highest BCUT2D eigenvalue weighted by Crippen LogP contribution is 2.40. The molecule has 1 fully saturated rings. The molecule has 1 unspecified atom stereocenters. The monoisotopic (exact) mass is 289 g/mol. The Labute approximate surface area is 116 Å². The molecule has 112 valence electrons. The van der Waals surface area contributed by atoms with Crippen LogP contribution in [0.25, 0.3) is 0 Å². The zero-order chi connectivity index (χ0) is 14.8. The third-order valence-corrected chi connectivity index (χ3v) is 3.54. The number of halogens is 3. The summed E-state index contributed by atoms with van der Waals surface area (Å²) in [7, 11) is 2.63. The molecule has 0 aliphatic carbocycles. The molecule has 1 aliphatic rings. The first-order valence-corrected chi connectivity index (χ1v) is 6.51. The second-order valence-electron chi connectivity index (χ2n) is 4.86. The highest BCUT2D eigenvalue weighted by molar-refractivity contribution is 5.48. The van der Waals surface area contributed by atoms with Crippen molar-refractivity contribution in [3.8, 4) is 11.5 Å². The van der Waals surface area contributed by atoms with Gasteiger partial charge < -0.3 is 14.8 Å². The van der Waals surface area contributed by atoms with Gasteiger partial charge in [-0.2, -0.15) is 13.2 Å². The molecule has 1 heterocycles. The van der Waals surface area contributed by atoms with Crippen molar-refractivity contribution >= 4 is 0 Å². The quantitative estimate of drug-likeness (QED) is 0.924. The van der Waals surface area contributed by atoms with E-state index in [2.05, 4.69) is 5.32 Å². The minimum atomic E-state index is -4.46. The predicted molar refractivity (Wildman–Crippen MR) is 69.3 cm³/mol. The van der Waals surface area contributed by atoms with Crippen molar-refractivity contribution < 1.29 is 22.6 Å². The first-order valence-electron chi connectivity index (χ1n) is 6.51. The fraction of sp³-hybridized carbons (Fsp3) is 0.571. The van der Waals surface area contributed by atoms with Crippen LogP contribution in [0, 0.1) is 0 Å². The van der Waals surface area contributed by atoms with E-state index in [4.69, 9.17) is 9.47 Å². The number of alkyl halides is 3. The molecule has 1 saturated heterocycles. The molecule has 3 nitrogen and oxygen atoms in total. The van der Waals surface area contributed by atoms with Gasteiger partial charge in [-0.15, -0.1) is 0 Å². The van der Waals surface area contributed by atoms with Crippen molar-refractivity contribution in [1.29, 1.82) is 0 Å². The second kappa shape index (κ2) is 5.91. The number of rotatable bonds is 4. The summed E-state index contributed by atoms with van der Waals surface area (Å²) in [4.78, 5) is 0. The van der Waals surface area contributed by atoms with Crippen LogP contribution in [0.2, 0.25) is 0 Å². The zero-order valence-corrected chi connectivity index (χ0v) is 11.5. The summed E-state index contributed by atoms with van der Waals surface area (Å²) >= 11 is 0. The second-order valence-corrected chi connectivity index (χ2v) is 4.86. The SMILES string of the molecule is COc1cc(C(F)(F)F)c(OC)cc1CC1CCCN1. The summed E-state index contributed by atoms with van der Waals surface area (Å²) in [5.41, 5.74) is -0.0725. The van der Waals surface area contributed by atoms with E-state index >= 15 is 0 Å². The molecule has 20 heavy (non-hydrogen) atoms. The summed E-state index contributed by atoms with van der Waals surface area (Å²) in [6, 6.07) is 2.73. The van der Waals surface area contributed by atoms with Gasteiger partial charge in [-0.25, -0.2) is 0 Å². The summed E-state index contributed by atoms with van der Waals surface area (Å²) < 4.78 is 48.8. The summed E-state index contributed by atoms with van der Waals surface area (Å²) in [5.74, 6) is 0.0955. The molecule has 0 radical (unpaired) electrons. The fourth-order valence-electron chi connectivity index (χ4n) is 2.54. The third kappa shape index (κ3) is 3.17. The summed E-state index contributed by atoms with van der Waals surface area (Å²) in [6.07, 6.45) is -1.71. The van der Waals surface area contributed by atoms with Crippen molar-refractivity contribution in [1.82, 2.24) is 5.32 Å². The van der Waals surface area contributed by atoms with Crippen LogP contribution in [-0.4, -0.2) is 26.8 Å². The third-order valence-electron chi connectivity index (χ3n) is 3.54. The van der Waals surface area contributed by atoms with Crippen molar-refractivity contribution in [2.24, 2.45) is 0 Å². The molecule has 1 N–H and O–H groups in total. The lowest BCUT2D eigenvalue weighted by Gasteiger charge is -2.18. The molecule has 6 heteroatoms. The summed E-state index contributed by atoms with van der Waals surface area (Å²) in [5, 5.41) is 3.32. The molecular formula is C14H18F3NO2. The van der Waals surface area contributed by atoms with Crippen LogP contribution >= 0.6 is 0 Å². The van der Waals surface area contributed by atoms with E-state index in [1.807, 2.05) is 0 Å². The van der Waals surface area contributed by atoms with Gasteiger partial charge in [0.05, 0.1) is 14.2 Å². The van der Waals surface area contributed by atoms with Crippen molar-refractivity contribution in [2.75, 3.05) is 20.8 Å². The van der Waals surface area contributed by atoms with Crippen molar-refractivity contribution in [3.63, 3.8) is 0 Å². The molecule has 2 rings (SSSR count). The smallest absolute Gasteiger partial charge is 0.420 e. The maximum Gasteiger partial charge on any atom is 0.420 e. The number of hydrogen-bond donors (Lipinski definition) is 1. The minimum Gasteiger partial charge on any atom is -0.496 e. The molecule has 1 atom stereocenters. The molecule has 0 spiro atoms. The molecule has 0 saturated carbocycles. The van der Waals surface area contributed by atoms with Gasteiger partial charge in [0.15, 0.2) is 0 Å². The lowest BCUT2D eigenvalue weighted by Crippen LogP contribution is -2.24. The Hall–Kier alpha value is -1.43. The zero-order valence-electron chi connectivity index (χ0n) is 11.5. The maximum atomic E-state index is 12.9. The van der Waals surface area contributed by atoms with Crippen LogP contribution in [0.3, 0.4) is 0 Å². The van der Waals surface area contributed by atoms with Crippen molar-refractivity contribution in [2.45, 2.75) is 31.5 Å². The lowest BCUT2D eigenvalue weighted by molar-refractivity contribution is -0.138. The van der Waals surface area contributed by atoms with Gasteiger partial charge in [-0.1, -0.05) is 0 Å². The van der Waals surface area contributed by atoms with Gasteiger partial charge in [-0.05, 0) is 43.5 Å². The van der Waals surface area contributed by atoms with Gasteiger partial charge in [0.2, 0.25) is 0 Å². The first-order chi connectivity index (χ1) is 9.45. The van der Waals surface area contributed by atoms with E-state index in [1.54, 1.807) is 0 Å². The largest absolute Gasteiger partial charge is 0.496 e. The van der Waals surface area contributed by atoms with Gasteiger partial charge in [-0.3, -0.25) is 0 Å². The van der Waals surface area contributed by atoms with Gasteiger partial charge in [0.1, 0.15) is 17.1 Å². The average Bonchev–Trinajstić information content (AvgIpc) is 2.89. The normalized spacial score (nSPS) is 19.1. The Morgan fingerprint density at radius 3 is 2.40 bits per heavy atom. The standard InChI is InChI=1S/C14H18F3NO2/c1-19-12-8-11(14(15,16)17)13(20-2)7-9(12)6-10-4-3-5-18-10/h7-8,10,18H,3-6H2,1-2H3. The molecular weight excluding hydrogens is 271 g/mol. The van der Waals surface area contributed by atoms with E-state index in [-0.39, 0.29) is 17.5 Å². The molecule has 0 aromatic heterocycles. The minimum absolute atomic E-state index is 0.161. The first kappa shape index (κ1) is 15.0. The van der Waals surface area contributed by atoms with Crippen LogP contribution in [0.4, 0.5) is 13.2 Å². The fourth-order valence-corrected chi connectivity index (χ4v) is 2.54. The van der Waals surface area contributed by atoms with Gasteiger partial charge in [0.25, 0.3) is 0 Å². The van der Waals surface area contributed by atoms with E-state index in [1.165, 1.54) is 20.3 Å². The van der Waals surface area contributed by atoms with E-state index in [0.717, 1.165) is 31.0 Å². The van der Waals surface area contributed by atoms with E-state index in [0.29, 0.717) is 6.42 Å². The molecule has 0 amide bonds. The molecule has 1 aromatic carbocycles. The topological polar surface area (TPSA) is 30.5 Å². The average molecular weight is 289 g/mol. The lowest BCUT2D eigenvalue weighted by atomic mass is 10.0. The molecule has 1 aliphatic heterocycles. The number of benzene rings is 1. The number of nitrogens with one attached hydrogen (secondary N) is 1. The molecule has 1 aromatic rings. The summed E-state index contributed by atoms with van der Waals surface area (Å²) in [6.45, 7) is 0.949. The maximum absolute atomic E-state index is 12.9. The molecule has 0 bridgehead atoms. The Kier molecular flexibility index (Phi) is 4.42. The van der Waals surface area contributed by atoms with Gasteiger partial charge in [0, 0.05) is 6.04 Å². The number of methoxy groups -OCH3 is 2. The highest BCUT2D eigenvalue weighted by atomic mass is 19.4. The van der Waals surface area contributed by atoms with Crippen LogP contribution < -0.4 is 14.8 Å². The number of hydrogen-bond acceptors (Lipinski definition) is 3. The van der Waals surface area contributed by atoms with E-state index in [9.17, 15) is 13.2 Å². The Balaban J connectivity index is 2.36. The Bertz CT molecular complexity index is 468. The van der Waals surface area contributed by atoms with Gasteiger partial charge >= 0.3 is 6.18 Å². The Morgan fingerprint density at radius 1 is 1.20 bits per heavy atom. The predicted octanol–water partition coefficient (Wildman–Crippen LogP) is 3.02. The van der Waals surface area contributed by atoms with Crippen LogP contribution in [0.5, 0.6) is 11.5 Å². The van der Waals surface area contributed by atoms with E-state index < -0.39 is 11.7 Å². The Morgan fingerprint density at radius 2 is 1.90 bits per heavy atom. The number of ether oxygens (including phenoxy) is 2.